The first-order valence-corrected chi connectivity index (χ1v) is 5.37. The molecule has 0 aromatic rings. The molecule has 0 spiro atoms. The highest BCUT2D eigenvalue weighted by molar-refractivity contribution is 4.86. The van der Waals surface area contributed by atoms with Crippen molar-refractivity contribution in [3.63, 3.8) is 0 Å². The molecule has 0 radical (unpaired) electrons. The third-order valence-corrected chi connectivity index (χ3v) is 3.19. The Morgan fingerprint density at radius 2 is 1.80 bits per heavy atom. The van der Waals surface area contributed by atoms with Crippen molar-refractivity contribution in [2.45, 2.75) is 33.4 Å². The second-order valence-electron chi connectivity index (χ2n) is 5.69. The lowest BCUT2D eigenvalue weighted by molar-refractivity contribution is -0.189. The molecule has 0 N–H and O–H groups in total. The summed E-state index contributed by atoms with van der Waals surface area (Å²) in [6, 6.07) is 0. The van der Waals surface area contributed by atoms with Gasteiger partial charge < -0.3 is 4.90 Å². The summed E-state index contributed by atoms with van der Waals surface area (Å²) in [6.45, 7) is 6.68. The van der Waals surface area contributed by atoms with E-state index in [1.54, 1.807) is 14.0 Å². The Kier molecular flexibility index (Phi) is 3.39. The van der Waals surface area contributed by atoms with E-state index in [0.29, 0.717) is 6.42 Å². The summed E-state index contributed by atoms with van der Waals surface area (Å²) in [7, 11) is 1.78. The van der Waals surface area contributed by atoms with Gasteiger partial charge in [-0.05, 0) is 24.8 Å². The quantitative estimate of drug-likeness (QED) is 0.609. The highest BCUT2D eigenvalue weighted by atomic mass is 19.4. The Morgan fingerprint density at radius 3 is 2.27 bits per heavy atom. The maximum atomic E-state index is 12.8. The average molecular weight is 223 g/mol. The van der Waals surface area contributed by atoms with Gasteiger partial charge in [0.2, 0.25) is 0 Å². The van der Waals surface area contributed by atoms with E-state index in [2.05, 4.69) is 0 Å². The Balaban J connectivity index is 2.84. The monoisotopic (exact) mass is 223 g/mol. The van der Waals surface area contributed by atoms with Crippen molar-refractivity contribution in [3.05, 3.63) is 0 Å². The lowest BCUT2D eigenvalue weighted by Crippen LogP contribution is -2.36. The standard InChI is InChI=1S/C11H20F3N/c1-8-5-10(2,3)7-15(4)6-9(8)11(12,13)14/h8-9H,5-7H2,1-4H3. The normalized spacial score (nSPS) is 33.8. The van der Waals surface area contributed by atoms with Crippen LogP contribution in [0, 0.1) is 17.3 Å². The number of hydrogen-bond donors (Lipinski definition) is 0. The molecule has 1 heterocycles. The van der Waals surface area contributed by atoms with Crippen LogP contribution < -0.4 is 0 Å². The highest BCUT2D eigenvalue weighted by Crippen LogP contribution is 2.41. The Hall–Kier alpha value is -0.250. The first-order chi connectivity index (χ1) is 6.62. The second kappa shape index (κ2) is 3.96. The van der Waals surface area contributed by atoms with E-state index >= 15 is 0 Å². The summed E-state index contributed by atoms with van der Waals surface area (Å²) in [5.41, 5.74) is -0.0197. The topological polar surface area (TPSA) is 3.24 Å². The van der Waals surface area contributed by atoms with Crippen molar-refractivity contribution in [1.29, 1.82) is 0 Å². The zero-order valence-corrected chi connectivity index (χ0v) is 9.86. The lowest BCUT2D eigenvalue weighted by Gasteiger charge is -2.27. The van der Waals surface area contributed by atoms with Gasteiger partial charge in [0.05, 0.1) is 5.92 Å². The van der Waals surface area contributed by atoms with Gasteiger partial charge >= 0.3 is 6.18 Å². The minimum atomic E-state index is -4.06. The van der Waals surface area contributed by atoms with E-state index in [0.717, 1.165) is 6.54 Å². The molecule has 1 saturated heterocycles. The van der Waals surface area contributed by atoms with E-state index in [1.165, 1.54) is 0 Å². The number of likely N-dealkylation sites (tertiary alicyclic amines) is 1. The maximum absolute atomic E-state index is 12.8. The van der Waals surface area contributed by atoms with Gasteiger partial charge in [0.15, 0.2) is 0 Å². The fourth-order valence-corrected chi connectivity index (χ4v) is 2.82. The van der Waals surface area contributed by atoms with Crippen molar-refractivity contribution in [2.24, 2.45) is 17.3 Å². The van der Waals surface area contributed by atoms with Gasteiger partial charge in [0.25, 0.3) is 0 Å². The summed E-state index contributed by atoms with van der Waals surface area (Å²) in [5.74, 6) is -1.46. The number of alkyl halides is 3. The molecule has 0 bridgehead atoms. The fourth-order valence-electron chi connectivity index (χ4n) is 2.82. The predicted molar refractivity (Wildman–Crippen MR) is 54.6 cm³/mol. The molecule has 1 nitrogen and oxygen atoms in total. The molecule has 0 saturated carbocycles. The van der Waals surface area contributed by atoms with E-state index in [9.17, 15) is 13.2 Å². The highest BCUT2D eigenvalue weighted by Gasteiger charge is 2.46. The number of rotatable bonds is 0. The predicted octanol–water partition coefficient (Wildman–Crippen LogP) is 3.16. The van der Waals surface area contributed by atoms with Crippen LogP contribution in [0.15, 0.2) is 0 Å². The summed E-state index contributed by atoms with van der Waals surface area (Å²) in [4.78, 5) is 1.81. The van der Waals surface area contributed by atoms with Crippen LogP contribution >= 0.6 is 0 Å². The average Bonchev–Trinajstić information content (AvgIpc) is 2.03. The van der Waals surface area contributed by atoms with E-state index in [-0.39, 0.29) is 17.9 Å². The first-order valence-electron chi connectivity index (χ1n) is 5.37. The Labute approximate surface area is 89.6 Å². The van der Waals surface area contributed by atoms with Crippen LogP contribution in [0.1, 0.15) is 27.2 Å². The summed E-state index contributed by atoms with van der Waals surface area (Å²) < 4.78 is 38.3. The van der Waals surface area contributed by atoms with Crippen molar-refractivity contribution in [3.8, 4) is 0 Å². The molecular weight excluding hydrogens is 203 g/mol. The lowest BCUT2D eigenvalue weighted by atomic mass is 9.80. The Bertz CT molecular complexity index is 222. The van der Waals surface area contributed by atoms with Gasteiger partial charge in [-0.15, -0.1) is 0 Å². The SMILES string of the molecule is CC1CC(C)(C)CN(C)CC1C(F)(F)F. The molecule has 0 aromatic heterocycles. The molecule has 1 rings (SSSR count). The van der Waals surface area contributed by atoms with Crippen molar-refractivity contribution in [2.75, 3.05) is 20.1 Å². The molecule has 0 aromatic carbocycles. The van der Waals surface area contributed by atoms with Gasteiger partial charge in [-0.1, -0.05) is 20.8 Å². The van der Waals surface area contributed by atoms with Crippen LogP contribution in [-0.4, -0.2) is 31.2 Å². The Morgan fingerprint density at radius 1 is 1.27 bits per heavy atom. The van der Waals surface area contributed by atoms with Gasteiger partial charge in [0.1, 0.15) is 0 Å². The third kappa shape index (κ3) is 3.37. The second-order valence-corrected chi connectivity index (χ2v) is 5.69. The van der Waals surface area contributed by atoms with Crippen LogP contribution in [0.25, 0.3) is 0 Å². The van der Waals surface area contributed by atoms with Crippen molar-refractivity contribution in [1.82, 2.24) is 4.90 Å². The smallest absolute Gasteiger partial charge is 0.305 e. The largest absolute Gasteiger partial charge is 0.393 e. The summed E-state index contributed by atoms with van der Waals surface area (Å²) in [5, 5.41) is 0. The van der Waals surface area contributed by atoms with Crippen LogP contribution in [0.2, 0.25) is 0 Å². The van der Waals surface area contributed by atoms with Crippen molar-refractivity contribution >= 4 is 0 Å². The molecule has 0 aliphatic carbocycles. The molecule has 2 unspecified atom stereocenters. The minimum absolute atomic E-state index is 0.0197. The number of hydrogen-bond acceptors (Lipinski definition) is 1. The van der Waals surface area contributed by atoms with Crippen molar-refractivity contribution < 1.29 is 13.2 Å². The van der Waals surface area contributed by atoms with Crippen LogP contribution in [0.4, 0.5) is 13.2 Å². The molecule has 2 atom stereocenters. The van der Waals surface area contributed by atoms with E-state index < -0.39 is 12.1 Å². The van der Waals surface area contributed by atoms with Gasteiger partial charge in [-0.25, -0.2) is 0 Å². The minimum Gasteiger partial charge on any atom is -0.305 e. The zero-order chi connectivity index (χ0) is 11.9. The summed E-state index contributed by atoms with van der Waals surface area (Å²) in [6.07, 6.45) is -3.42. The van der Waals surface area contributed by atoms with Gasteiger partial charge in [-0.2, -0.15) is 13.2 Å². The van der Waals surface area contributed by atoms with E-state index in [1.807, 2.05) is 18.7 Å². The van der Waals surface area contributed by atoms with E-state index in [4.69, 9.17) is 0 Å². The van der Waals surface area contributed by atoms with Gasteiger partial charge in [-0.3, -0.25) is 0 Å². The third-order valence-electron chi connectivity index (χ3n) is 3.19. The first kappa shape index (κ1) is 12.8. The molecule has 4 heteroatoms. The summed E-state index contributed by atoms with van der Waals surface area (Å²) >= 11 is 0. The zero-order valence-electron chi connectivity index (χ0n) is 9.86. The van der Waals surface area contributed by atoms with Gasteiger partial charge in [0, 0.05) is 13.1 Å². The van der Waals surface area contributed by atoms with Crippen LogP contribution in [0.5, 0.6) is 0 Å². The maximum Gasteiger partial charge on any atom is 0.393 e. The molecule has 1 aliphatic heterocycles. The molecule has 1 aliphatic rings. The van der Waals surface area contributed by atoms with Crippen LogP contribution in [0.3, 0.4) is 0 Å². The number of nitrogens with zero attached hydrogens (tertiary/aromatic N) is 1. The molecule has 1 fully saturated rings. The molecule has 90 valence electrons. The molecule has 0 amide bonds. The fraction of sp³-hybridized carbons (Fsp3) is 1.00. The molecular formula is C11H20F3N. The number of halogens is 3. The molecule has 15 heavy (non-hydrogen) atoms. The van der Waals surface area contributed by atoms with Crippen LogP contribution in [-0.2, 0) is 0 Å².